The molecule has 0 bridgehead atoms. The third-order valence-electron chi connectivity index (χ3n) is 2.28. The third-order valence-corrected chi connectivity index (χ3v) is 2.28. The highest BCUT2D eigenvalue weighted by Crippen LogP contribution is 2.20. The van der Waals surface area contributed by atoms with Crippen LogP contribution in [0.1, 0.15) is 26.7 Å². The van der Waals surface area contributed by atoms with Crippen LogP contribution in [0.2, 0.25) is 0 Å². The Morgan fingerprint density at radius 3 is 2.00 bits per heavy atom. The maximum absolute atomic E-state index is 11.3. The normalized spacial score (nSPS) is 14.3. The van der Waals surface area contributed by atoms with Crippen molar-refractivity contribution in [3.8, 4) is 0 Å². The van der Waals surface area contributed by atoms with Crippen molar-refractivity contribution in [2.24, 2.45) is 11.8 Å². The summed E-state index contributed by atoms with van der Waals surface area (Å²) in [5.74, 6) is -1.54. The summed E-state index contributed by atoms with van der Waals surface area (Å²) in [6.07, 6.45) is 1.48. The summed E-state index contributed by atoms with van der Waals surface area (Å²) in [6.45, 7) is 3.64. The first-order valence-electron chi connectivity index (χ1n) is 4.74. The molecule has 82 valence electrons. The van der Waals surface area contributed by atoms with Crippen molar-refractivity contribution in [1.82, 2.24) is 0 Å². The number of carbonyl (C=O) groups is 2. The summed E-state index contributed by atoms with van der Waals surface area (Å²) in [5, 5.41) is 0. The minimum absolute atomic E-state index is 0.343. The molecule has 0 fully saturated rings. The van der Waals surface area contributed by atoms with Gasteiger partial charge in [0, 0.05) is 0 Å². The maximum Gasteiger partial charge on any atom is 0.309 e. The number of rotatable bonds is 5. The van der Waals surface area contributed by atoms with Crippen LogP contribution in [0.15, 0.2) is 0 Å². The lowest BCUT2D eigenvalue weighted by atomic mass is 9.90. The molecule has 4 heteroatoms. The van der Waals surface area contributed by atoms with Crippen LogP contribution in [0.25, 0.3) is 0 Å². The van der Waals surface area contributed by atoms with E-state index in [9.17, 15) is 9.59 Å². The van der Waals surface area contributed by atoms with Crippen molar-refractivity contribution < 1.29 is 19.1 Å². The van der Waals surface area contributed by atoms with E-state index in [1.54, 1.807) is 6.92 Å². The smallest absolute Gasteiger partial charge is 0.309 e. The Labute approximate surface area is 84.6 Å². The van der Waals surface area contributed by atoms with Crippen molar-refractivity contribution in [2.75, 3.05) is 14.2 Å². The number of hydrogen-bond acceptors (Lipinski definition) is 4. The molecular formula is C10H18O4. The van der Waals surface area contributed by atoms with Gasteiger partial charge in [0.1, 0.15) is 0 Å². The molecular weight excluding hydrogens is 184 g/mol. The molecule has 0 spiro atoms. The predicted octanol–water partition coefficient (Wildman–Crippen LogP) is 1.38. The molecule has 0 aliphatic rings. The summed E-state index contributed by atoms with van der Waals surface area (Å²) in [6, 6.07) is 0. The van der Waals surface area contributed by atoms with Gasteiger partial charge in [-0.25, -0.2) is 0 Å². The van der Waals surface area contributed by atoms with Gasteiger partial charge in [0.05, 0.1) is 26.1 Å². The van der Waals surface area contributed by atoms with Gasteiger partial charge in [-0.1, -0.05) is 20.3 Å². The fourth-order valence-electron chi connectivity index (χ4n) is 1.38. The standard InChI is InChI=1S/C10H18O4/c1-5-6-8(10(12)14-4)7(2)9(11)13-3/h7-8H,5-6H2,1-4H3. The second kappa shape index (κ2) is 6.40. The zero-order chi connectivity index (χ0) is 11.1. The molecule has 0 amide bonds. The van der Waals surface area contributed by atoms with Gasteiger partial charge in [-0.05, 0) is 6.42 Å². The van der Waals surface area contributed by atoms with E-state index in [0.29, 0.717) is 6.42 Å². The summed E-state index contributed by atoms with van der Waals surface area (Å²) in [4.78, 5) is 22.6. The van der Waals surface area contributed by atoms with Gasteiger partial charge < -0.3 is 9.47 Å². The van der Waals surface area contributed by atoms with Crippen LogP contribution in [-0.4, -0.2) is 26.2 Å². The average Bonchev–Trinajstić information content (AvgIpc) is 2.22. The Balaban J connectivity index is 4.47. The van der Waals surface area contributed by atoms with Gasteiger partial charge >= 0.3 is 11.9 Å². The molecule has 0 aliphatic heterocycles. The Kier molecular flexibility index (Phi) is 5.92. The summed E-state index contributed by atoms with van der Waals surface area (Å²) in [7, 11) is 2.65. The van der Waals surface area contributed by atoms with E-state index in [1.807, 2.05) is 6.92 Å². The Bertz CT molecular complexity index is 200. The highest BCUT2D eigenvalue weighted by atomic mass is 16.5. The van der Waals surface area contributed by atoms with Crippen LogP contribution in [0.3, 0.4) is 0 Å². The van der Waals surface area contributed by atoms with Crippen LogP contribution < -0.4 is 0 Å². The minimum atomic E-state index is -0.438. The molecule has 0 radical (unpaired) electrons. The Morgan fingerprint density at radius 1 is 1.14 bits per heavy atom. The zero-order valence-corrected chi connectivity index (χ0v) is 9.20. The second-order valence-corrected chi connectivity index (χ2v) is 3.23. The Hall–Kier alpha value is -1.06. The summed E-state index contributed by atoms with van der Waals surface area (Å²) in [5.41, 5.74) is 0. The topological polar surface area (TPSA) is 52.6 Å². The fraction of sp³-hybridized carbons (Fsp3) is 0.800. The molecule has 0 N–H and O–H groups in total. The van der Waals surface area contributed by atoms with E-state index in [0.717, 1.165) is 6.42 Å². The van der Waals surface area contributed by atoms with E-state index >= 15 is 0 Å². The van der Waals surface area contributed by atoms with Gasteiger partial charge in [0.2, 0.25) is 0 Å². The lowest BCUT2D eigenvalue weighted by molar-refractivity contribution is -0.157. The molecule has 0 heterocycles. The molecule has 0 saturated carbocycles. The largest absolute Gasteiger partial charge is 0.469 e. The van der Waals surface area contributed by atoms with Gasteiger partial charge in [-0.15, -0.1) is 0 Å². The number of esters is 2. The molecule has 0 aromatic heterocycles. The van der Waals surface area contributed by atoms with Gasteiger partial charge in [0.15, 0.2) is 0 Å². The van der Waals surface area contributed by atoms with Gasteiger partial charge in [-0.2, -0.15) is 0 Å². The lowest BCUT2D eigenvalue weighted by Crippen LogP contribution is -2.29. The van der Waals surface area contributed by atoms with E-state index in [1.165, 1.54) is 14.2 Å². The van der Waals surface area contributed by atoms with Crippen LogP contribution in [-0.2, 0) is 19.1 Å². The zero-order valence-electron chi connectivity index (χ0n) is 9.20. The van der Waals surface area contributed by atoms with E-state index < -0.39 is 11.8 Å². The average molecular weight is 202 g/mol. The molecule has 0 rings (SSSR count). The van der Waals surface area contributed by atoms with Crippen LogP contribution in [0.4, 0.5) is 0 Å². The molecule has 0 aromatic rings. The monoisotopic (exact) mass is 202 g/mol. The van der Waals surface area contributed by atoms with Crippen molar-refractivity contribution in [3.05, 3.63) is 0 Å². The van der Waals surface area contributed by atoms with Crippen molar-refractivity contribution >= 4 is 11.9 Å². The fourth-order valence-corrected chi connectivity index (χ4v) is 1.38. The number of methoxy groups -OCH3 is 2. The van der Waals surface area contributed by atoms with Crippen molar-refractivity contribution in [2.45, 2.75) is 26.7 Å². The summed E-state index contributed by atoms with van der Waals surface area (Å²) < 4.78 is 9.22. The highest BCUT2D eigenvalue weighted by Gasteiger charge is 2.30. The minimum Gasteiger partial charge on any atom is -0.469 e. The molecule has 0 saturated heterocycles. The van der Waals surface area contributed by atoms with Gasteiger partial charge in [-0.3, -0.25) is 9.59 Å². The van der Waals surface area contributed by atoms with Gasteiger partial charge in [0.25, 0.3) is 0 Å². The quantitative estimate of drug-likeness (QED) is 0.632. The molecule has 2 atom stereocenters. The van der Waals surface area contributed by atoms with Crippen molar-refractivity contribution in [3.63, 3.8) is 0 Å². The van der Waals surface area contributed by atoms with Crippen molar-refractivity contribution in [1.29, 1.82) is 0 Å². The highest BCUT2D eigenvalue weighted by molar-refractivity contribution is 5.81. The Morgan fingerprint density at radius 2 is 1.64 bits per heavy atom. The first-order valence-corrected chi connectivity index (χ1v) is 4.74. The molecule has 14 heavy (non-hydrogen) atoms. The van der Waals surface area contributed by atoms with E-state index in [2.05, 4.69) is 9.47 Å². The van der Waals surface area contributed by atoms with E-state index in [-0.39, 0.29) is 11.9 Å². The number of ether oxygens (including phenoxy) is 2. The first kappa shape index (κ1) is 12.9. The number of carbonyl (C=O) groups excluding carboxylic acids is 2. The second-order valence-electron chi connectivity index (χ2n) is 3.23. The van der Waals surface area contributed by atoms with Crippen LogP contribution in [0, 0.1) is 11.8 Å². The van der Waals surface area contributed by atoms with E-state index in [4.69, 9.17) is 0 Å². The SMILES string of the molecule is CCCC(C(=O)OC)C(C)C(=O)OC. The van der Waals surface area contributed by atoms with Crippen LogP contribution in [0.5, 0.6) is 0 Å². The summed E-state index contributed by atoms with van der Waals surface area (Å²) >= 11 is 0. The predicted molar refractivity (Wildman–Crippen MR) is 51.6 cm³/mol. The molecule has 0 aromatic carbocycles. The van der Waals surface area contributed by atoms with Crippen LogP contribution >= 0.6 is 0 Å². The first-order chi connectivity index (χ1) is 6.58. The molecule has 4 nitrogen and oxygen atoms in total. The molecule has 2 unspecified atom stereocenters. The number of hydrogen-bond donors (Lipinski definition) is 0. The lowest BCUT2D eigenvalue weighted by Gasteiger charge is -2.18. The maximum atomic E-state index is 11.3. The molecule has 0 aliphatic carbocycles. The third kappa shape index (κ3) is 3.36.